The van der Waals surface area contributed by atoms with E-state index in [1.54, 1.807) is 7.11 Å². The molecule has 3 aromatic heterocycles. The van der Waals surface area contributed by atoms with Crippen molar-refractivity contribution in [3.05, 3.63) is 56.0 Å². The molecule has 0 aliphatic carbocycles. The molecule has 0 saturated carbocycles. The predicted octanol–water partition coefficient (Wildman–Crippen LogP) is 3.67. The fraction of sp³-hybridized carbons (Fsp3) is 0.417. The maximum Gasteiger partial charge on any atom is 0.328 e. The van der Waals surface area contributed by atoms with E-state index in [0.29, 0.717) is 38.9 Å². The van der Waals surface area contributed by atoms with Crippen LogP contribution in [0.2, 0.25) is 5.15 Å². The number of likely N-dealkylation sites (tertiary alicyclic amines) is 1. The molecule has 2 aliphatic heterocycles. The normalized spacial score (nSPS) is 19.1. The molecule has 4 aromatic rings. The molecule has 0 spiro atoms. The van der Waals surface area contributed by atoms with Crippen molar-refractivity contribution in [1.82, 2.24) is 24.4 Å². The van der Waals surface area contributed by atoms with E-state index in [1.807, 2.05) is 18.2 Å². The summed E-state index contributed by atoms with van der Waals surface area (Å²) in [5.74, 6) is 2.65. The molecule has 1 fully saturated rings. The number of H-pyrrole nitrogens is 1. The molecule has 9 nitrogen and oxygen atoms in total. The number of halogens is 2. The number of hydrogen-bond donors (Lipinski definition) is 1. The third-order valence-electron chi connectivity index (χ3n) is 6.98. The lowest BCUT2D eigenvalue weighted by atomic mass is 9.86. The van der Waals surface area contributed by atoms with Crippen LogP contribution in [-0.4, -0.2) is 57.8 Å². The van der Waals surface area contributed by atoms with E-state index in [-0.39, 0.29) is 23.1 Å². The zero-order valence-electron chi connectivity index (χ0n) is 19.5. The number of thiophene rings is 1. The maximum atomic E-state index is 13.0. The smallest absolute Gasteiger partial charge is 0.328 e. The Hall–Kier alpha value is -2.66. The average Bonchev–Trinajstić information content (AvgIpc) is 3.44. The van der Waals surface area contributed by atoms with Crippen LogP contribution >= 0.6 is 35.3 Å². The highest BCUT2D eigenvalue weighted by atomic mass is 35.5. The first-order chi connectivity index (χ1) is 17.0. The third kappa shape index (κ3) is 4.26. The molecule has 0 unspecified atom stereocenters. The quantitative estimate of drug-likeness (QED) is 0.366. The van der Waals surface area contributed by atoms with Crippen molar-refractivity contribution in [1.29, 1.82) is 0 Å². The summed E-state index contributed by atoms with van der Waals surface area (Å²) in [6.07, 6.45) is 3.04. The second kappa shape index (κ2) is 10.0. The summed E-state index contributed by atoms with van der Waals surface area (Å²) >= 11 is 7.17. The van der Waals surface area contributed by atoms with Gasteiger partial charge in [-0.25, -0.2) is 14.8 Å². The number of methoxy groups -OCH3 is 1. The van der Waals surface area contributed by atoms with E-state index in [0.717, 1.165) is 50.6 Å². The summed E-state index contributed by atoms with van der Waals surface area (Å²) in [6, 6.07) is 5.98. The Bertz CT molecular complexity index is 1540. The van der Waals surface area contributed by atoms with Crippen molar-refractivity contribution in [2.24, 2.45) is 5.92 Å². The molecule has 2 atom stereocenters. The number of fused-ring (bicyclic) bond motifs is 6. The molecular weight excluding hydrogens is 525 g/mol. The summed E-state index contributed by atoms with van der Waals surface area (Å²) in [5.41, 5.74) is 1.30. The Balaban J connectivity index is 0.00000267. The lowest BCUT2D eigenvalue weighted by Gasteiger charge is -2.29. The number of aromatic nitrogens is 4. The Morgan fingerprint density at radius 2 is 2.08 bits per heavy atom. The van der Waals surface area contributed by atoms with E-state index < -0.39 is 5.69 Å². The molecule has 5 heterocycles. The highest BCUT2D eigenvalue weighted by molar-refractivity contribution is 7.25. The lowest BCUT2D eigenvalue weighted by Crippen LogP contribution is -2.34. The van der Waals surface area contributed by atoms with E-state index in [9.17, 15) is 9.59 Å². The van der Waals surface area contributed by atoms with Crippen molar-refractivity contribution in [2.45, 2.75) is 25.3 Å². The Morgan fingerprint density at radius 3 is 2.92 bits per heavy atom. The Labute approximate surface area is 221 Å². The fourth-order valence-corrected chi connectivity index (χ4v) is 6.47. The molecular formula is C24H25Cl2N5O4S. The van der Waals surface area contributed by atoms with Crippen LogP contribution in [0.1, 0.15) is 24.3 Å². The number of aromatic amines is 1. The molecule has 12 heteroatoms. The molecule has 0 bridgehead atoms. The van der Waals surface area contributed by atoms with Gasteiger partial charge in [0.2, 0.25) is 0 Å². The van der Waals surface area contributed by atoms with E-state index >= 15 is 0 Å². The Kier molecular flexibility index (Phi) is 6.95. The number of ether oxygens (including phenoxy) is 2. The Morgan fingerprint density at radius 1 is 1.25 bits per heavy atom. The van der Waals surface area contributed by atoms with Crippen LogP contribution in [0.5, 0.6) is 11.5 Å². The molecule has 0 amide bonds. The van der Waals surface area contributed by atoms with Gasteiger partial charge in [0.25, 0.3) is 5.56 Å². The third-order valence-corrected chi connectivity index (χ3v) is 8.24. The van der Waals surface area contributed by atoms with Gasteiger partial charge >= 0.3 is 5.69 Å². The van der Waals surface area contributed by atoms with Gasteiger partial charge in [0.05, 0.1) is 25.4 Å². The van der Waals surface area contributed by atoms with Gasteiger partial charge < -0.3 is 19.4 Å². The monoisotopic (exact) mass is 549 g/mol. The summed E-state index contributed by atoms with van der Waals surface area (Å²) in [4.78, 5) is 40.0. The number of nitrogens with one attached hydrogen (secondary N) is 1. The SMILES string of the molecule is COc1cccc2c1[C@@H]1CN(CCCCn3c(=O)[nH]c4c(sc5ncc(Cl)nc54)c3=O)C[C@@H]1CO2.Cl. The van der Waals surface area contributed by atoms with Crippen LogP contribution in [0, 0.1) is 5.92 Å². The minimum absolute atomic E-state index is 0. The van der Waals surface area contributed by atoms with Crippen molar-refractivity contribution in [2.75, 3.05) is 33.4 Å². The second-order valence-electron chi connectivity index (χ2n) is 9.06. The molecule has 36 heavy (non-hydrogen) atoms. The van der Waals surface area contributed by atoms with Crippen LogP contribution in [0.25, 0.3) is 20.6 Å². The molecule has 1 saturated heterocycles. The van der Waals surface area contributed by atoms with Crippen LogP contribution in [-0.2, 0) is 6.54 Å². The second-order valence-corrected chi connectivity index (χ2v) is 10.4. The summed E-state index contributed by atoms with van der Waals surface area (Å²) < 4.78 is 13.3. The van der Waals surface area contributed by atoms with E-state index in [4.69, 9.17) is 21.1 Å². The first-order valence-corrected chi connectivity index (χ1v) is 12.8. The molecule has 1 N–H and O–H groups in total. The zero-order valence-corrected chi connectivity index (χ0v) is 21.9. The fourth-order valence-electron chi connectivity index (χ4n) is 5.34. The first kappa shape index (κ1) is 25.0. The van der Waals surface area contributed by atoms with Gasteiger partial charge in [0.1, 0.15) is 31.7 Å². The van der Waals surface area contributed by atoms with E-state index in [1.165, 1.54) is 27.7 Å². The van der Waals surface area contributed by atoms with Gasteiger partial charge in [-0.05, 0) is 31.5 Å². The van der Waals surface area contributed by atoms with Crippen LogP contribution in [0.4, 0.5) is 0 Å². The summed E-state index contributed by atoms with van der Waals surface area (Å²) in [5, 5.41) is 0.220. The predicted molar refractivity (Wildman–Crippen MR) is 142 cm³/mol. The average molecular weight is 550 g/mol. The molecule has 6 rings (SSSR count). The molecule has 190 valence electrons. The van der Waals surface area contributed by atoms with Crippen molar-refractivity contribution < 1.29 is 9.47 Å². The molecule has 1 aromatic carbocycles. The van der Waals surface area contributed by atoms with Gasteiger partial charge in [-0.2, -0.15) is 0 Å². The lowest BCUT2D eigenvalue weighted by molar-refractivity contribution is 0.209. The van der Waals surface area contributed by atoms with Gasteiger partial charge in [-0.15, -0.1) is 23.7 Å². The summed E-state index contributed by atoms with van der Waals surface area (Å²) in [7, 11) is 1.70. The van der Waals surface area contributed by atoms with Crippen LogP contribution in [0.15, 0.2) is 34.0 Å². The number of hydrogen-bond acceptors (Lipinski definition) is 8. The maximum absolute atomic E-state index is 13.0. The number of rotatable bonds is 6. The van der Waals surface area contributed by atoms with Crippen molar-refractivity contribution in [3.8, 4) is 11.5 Å². The van der Waals surface area contributed by atoms with Crippen LogP contribution < -0.4 is 20.7 Å². The number of benzene rings is 1. The van der Waals surface area contributed by atoms with Gasteiger partial charge in [0, 0.05) is 37.0 Å². The molecule has 2 aliphatic rings. The highest BCUT2D eigenvalue weighted by Crippen LogP contribution is 2.46. The standard InChI is InChI=1S/C24H24ClN5O4S.ClH/c1-33-15-5-4-6-16-18(15)14-11-29(10-13(14)12-34-16)7-2-3-8-30-23(31)21-19(28-24(30)32)20-22(35-21)26-9-17(25)27-20;/h4-6,9,13-14H,2-3,7-8,10-12H2,1H3,(H,28,32);1H/t13-,14-;/m1./s1. The zero-order chi connectivity index (χ0) is 24.1. The first-order valence-electron chi connectivity index (χ1n) is 11.6. The van der Waals surface area contributed by atoms with Gasteiger partial charge in [-0.3, -0.25) is 9.36 Å². The summed E-state index contributed by atoms with van der Waals surface area (Å²) in [6.45, 7) is 3.91. The number of unbranched alkanes of at least 4 members (excludes halogenated alkanes) is 1. The topological polar surface area (TPSA) is 102 Å². The van der Waals surface area contributed by atoms with Gasteiger partial charge in [0.15, 0.2) is 0 Å². The largest absolute Gasteiger partial charge is 0.496 e. The number of nitrogens with zero attached hydrogens (tertiary/aromatic N) is 4. The van der Waals surface area contributed by atoms with Crippen molar-refractivity contribution in [3.63, 3.8) is 0 Å². The highest BCUT2D eigenvalue weighted by Gasteiger charge is 2.40. The minimum atomic E-state index is -0.433. The van der Waals surface area contributed by atoms with Gasteiger partial charge in [-0.1, -0.05) is 17.7 Å². The minimum Gasteiger partial charge on any atom is -0.496 e. The van der Waals surface area contributed by atoms with Crippen molar-refractivity contribution >= 4 is 55.9 Å². The van der Waals surface area contributed by atoms with E-state index in [2.05, 4.69) is 19.9 Å². The van der Waals surface area contributed by atoms with Crippen LogP contribution in [0.3, 0.4) is 0 Å². The molecule has 0 radical (unpaired) electrons.